The Hall–Kier alpha value is -2.39. The second-order valence-electron chi connectivity index (χ2n) is 5.94. The fourth-order valence-corrected chi connectivity index (χ4v) is 4.35. The van der Waals surface area contributed by atoms with Gasteiger partial charge in [-0.15, -0.1) is 0 Å². The summed E-state index contributed by atoms with van der Waals surface area (Å²) < 4.78 is 37.2. The van der Waals surface area contributed by atoms with Crippen LogP contribution in [0.2, 0.25) is 0 Å². The summed E-state index contributed by atoms with van der Waals surface area (Å²) in [5, 5.41) is 3.31. The maximum atomic E-state index is 12.8. The summed E-state index contributed by atoms with van der Waals surface area (Å²) in [7, 11) is -0.389. The lowest BCUT2D eigenvalue weighted by Crippen LogP contribution is -2.42. The Balaban J connectivity index is 1.61. The third kappa shape index (κ3) is 4.05. The van der Waals surface area contributed by atoms with Crippen LogP contribution in [0.3, 0.4) is 0 Å². The molecule has 0 bridgehead atoms. The van der Waals surface area contributed by atoms with Crippen LogP contribution in [0.5, 0.6) is 11.6 Å². The fraction of sp³-hybridized carbons (Fsp3) is 0.412. The zero-order chi connectivity index (χ0) is 18.6. The van der Waals surface area contributed by atoms with Crippen molar-refractivity contribution in [3.05, 3.63) is 36.7 Å². The van der Waals surface area contributed by atoms with Crippen LogP contribution in [0.1, 0.15) is 12.8 Å². The van der Waals surface area contributed by atoms with Gasteiger partial charge in [-0.2, -0.15) is 4.31 Å². The highest BCUT2D eigenvalue weighted by Gasteiger charge is 2.29. The van der Waals surface area contributed by atoms with E-state index < -0.39 is 10.0 Å². The average Bonchev–Trinajstić information content (AvgIpc) is 2.68. The molecule has 0 spiro atoms. The zero-order valence-corrected chi connectivity index (χ0v) is 15.6. The van der Waals surface area contributed by atoms with Crippen LogP contribution >= 0.6 is 0 Å². The van der Waals surface area contributed by atoms with E-state index in [4.69, 9.17) is 9.47 Å². The minimum atomic E-state index is -3.49. The van der Waals surface area contributed by atoms with Gasteiger partial charge in [0.05, 0.1) is 19.1 Å². The first-order valence-electron chi connectivity index (χ1n) is 8.29. The van der Waals surface area contributed by atoms with E-state index in [1.165, 1.54) is 10.6 Å². The van der Waals surface area contributed by atoms with Crippen LogP contribution in [-0.2, 0) is 10.0 Å². The Kier molecular flexibility index (Phi) is 5.58. The van der Waals surface area contributed by atoms with Gasteiger partial charge in [-0.1, -0.05) is 0 Å². The number of hydrogen-bond donors (Lipinski definition) is 1. The van der Waals surface area contributed by atoms with Gasteiger partial charge in [-0.3, -0.25) is 0 Å². The van der Waals surface area contributed by atoms with E-state index in [9.17, 15) is 8.42 Å². The molecule has 0 saturated carbocycles. The molecule has 2 heterocycles. The second-order valence-corrected chi connectivity index (χ2v) is 7.88. The number of hydrogen-bond acceptors (Lipinski definition) is 7. The Morgan fingerprint density at radius 1 is 1.08 bits per heavy atom. The molecule has 8 nitrogen and oxygen atoms in total. The number of methoxy groups -OCH3 is 2. The number of anilines is 1. The van der Waals surface area contributed by atoms with Crippen LogP contribution < -0.4 is 14.8 Å². The van der Waals surface area contributed by atoms with E-state index >= 15 is 0 Å². The number of sulfonamides is 1. The van der Waals surface area contributed by atoms with Gasteiger partial charge in [0.2, 0.25) is 15.9 Å². The van der Waals surface area contributed by atoms with Gasteiger partial charge in [-0.25, -0.2) is 18.4 Å². The Morgan fingerprint density at radius 2 is 1.77 bits per heavy atom. The molecular weight excluding hydrogens is 356 g/mol. The molecule has 2 aromatic rings. The standard InChI is InChI=1S/C17H22N4O4S/c1-24-14-3-5-15(6-4-14)26(22,23)21-9-7-13(8-10-21)20-16-11-17(25-2)19-12-18-16/h3-6,11-13H,7-10H2,1-2H3,(H,18,19,20). The number of aromatic nitrogens is 2. The van der Waals surface area contributed by atoms with Crippen molar-refractivity contribution in [2.75, 3.05) is 32.6 Å². The lowest BCUT2D eigenvalue weighted by atomic mass is 10.1. The van der Waals surface area contributed by atoms with Crippen molar-refractivity contribution < 1.29 is 17.9 Å². The second kappa shape index (κ2) is 7.88. The summed E-state index contributed by atoms with van der Waals surface area (Å²) in [6.07, 6.45) is 2.83. The van der Waals surface area contributed by atoms with E-state index in [2.05, 4.69) is 15.3 Å². The molecule has 1 fully saturated rings. The monoisotopic (exact) mass is 378 g/mol. The molecule has 0 radical (unpaired) electrons. The van der Waals surface area contributed by atoms with Crippen LogP contribution in [0.4, 0.5) is 5.82 Å². The van der Waals surface area contributed by atoms with E-state index in [0.29, 0.717) is 43.4 Å². The molecule has 1 N–H and O–H groups in total. The molecule has 3 rings (SSSR count). The predicted octanol–water partition coefficient (Wildman–Crippen LogP) is 1.76. The summed E-state index contributed by atoms with van der Waals surface area (Å²) >= 11 is 0. The van der Waals surface area contributed by atoms with Crippen molar-refractivity contribution in [2.24, 2.45) is 0 Å². The number of ether oxygens (including phenoxy) is 2. The van der Waals surface area contributed by atoms with Gasteiger partial charge in [0.1, 0.15) is 17.9 Å². The summed E-state index contributed by atoms with van der Waals surface area (Å²) in [4.78, 5) is 8.42. The third-order valence-corrected chi connectivity index (χ3v) is 6.27. The van der Waals surface area contributed by atoms with E-state index in [0.717, 1.165) is 0 Å². The molecule has 140 valence electrons. The number of nitrogens with one attached hydrogen (secondary N) is 1. The Morgan fingerprint density at radius 3 is 2.38 bits per heavy atom. The maximum absolute atomic E-state index is 12.8. The maximum Gasteiger partial charge on any atom is 0.243 e. The first-order chi connectivity index (χ1) is 12.5. The largest absolute Gasteiger partial charge is 0.497 e. The number of rotatable bonds is 6. The topological polar surface area (TPSA) is 93.7 Å². The van der Waals surface area contributed by atoms with Crippen molar-refractivity contribution >= 4 is 15.8 Å². The quantitative estimate of drug-likeness (QED) is 0.818. The first-order valence-corrected chi connectivity index (χ1v) is 9.73. The van der Waals surface area contributed by atoms with Crippen molar-refractivity contribution in [1.82, 2.24) is 14.3 Å². The lowest BCUT2D eigenvalue weighted by Gasteiger charge is -2.31. The van der Waals surface area contributed by atoms with Crippen molar-refractivity contribution in [3.8, 4) is 11.6 Å². The zero-order valence-electron chi connectivity index (χ0n) is 14.8. The summed E-state index contributed by atoms with van der Waals surface area (Å²) in [6.45, 7) is 0.905. The highest BCUT2D eigenvalue weighted by atomic mass is 32.2. The molecule has 0 unspecified atom stereocenters. The van der Waals surface area contributed by atoms with Gasteiger partial charge in [-0.05, 0) is 37.1 Å². The Bertz CT molecular complexity index is 834. The van der Waals surface area contributed by atoms with E-state index in [1.54, 1.807) is 44.6 Å². The van der Waals surface area contributed by atoms with Crippen LogP contribution in [0.15, 0.2) is 41.6 Å². The highest BCUT2D eigenvalue weighted by molar-refractivity contribution is 7.89. The third-order valence-electron chi connectivity index (χ3n) is 4.35. The van der Waals surface area contributed by atoms with Gasteiger partial charge in [0.25, 0.3) is 0 Å². The van der Waals surface area contributed by atoms with Crippen LogP contribution in [-0.4, -0.2) is 56.0 Å². The van der Waals surface area contributed by atoms with Gasteiger partial charge >= 0.3 is 0 Å². The molecule has 1 saturated heterocycles. The van der Waals surface area contributed by atoms with Crippen molar-refractivity contribution in [3.63, 3.8) is 0 Å². The number of piperidine rings is 1. The van der Waals surface area contributed by atoms with E-state index in [1.807, 2.05) is 0 Å². The van der Waals surface area contributed by atoms with Crippen molar-refractivity contribution in [1.29, 1.82) is 0 Å². The first kappa shape index (κ1) is 18.4. The molecular formula is C17H22N4O4S. The number of nitrogens with zero attached hydrogens (tertiary/aromatic N) is 3. The minimum absolute atomic E-state index is 0.150. The molecule has 1 aliphatic rings. The molecule has 0 atom stereocenters. The molecule has 9 heteroatoms. The van der Waals surface area contributed by atoms with Gasteiger partial charge in [0.15, 0.2) is 0 Å². The lowest BCUT2D eigenvalue weighted by molar-refractivity contribution is 0.329. The SMILES string of the molecule is COc1ccc(S(=O)(=O)N2CCC(Nc3cc(OC)ncn3)CC2)cc1. The summed E-state index contributed by atoms with van der Waals surface area (Å²) in [5.74, 6) is 1.79. The minimum Gasteiger partial charge on any atom is -0.497 e. The smallest absolute Gasteiger partial charge is 0.243 e. The fourth-order valence-electron chi connectivity index (χ4n) is 2.88. The van der Waals surface area contributed by atoms with Crippen LogP contribution in [0.25, 0.3) is 0 Å². The van der Waals surface area contributed by atoms with Gasteiger partial charge in [0, 0.05) is 25.2 Å². The number of benzene rings is 1. The van der Waals surface area contributed by atoms with E-state index in [-0.39, 0.29) is 10.9 Å². The predicted molar refractivity (Wildman–Crippen MR) is 97.0 cm³/mol. The molecule has 0 amide bonds. The van der Waals surface area contributed by atoms with Crippen molar-refractivity contribution in [2.45, 2.75) is 23.8 Å². The molecule has 1 aromatic carbocycles. The summed E-state index contributed by atoms with van der Waals surface area (Å²) in [6, 6.07) is 8.34. The molecule has 26 heavy (non-hydrogen) atoms. The average molecular weight is 378 g/mol. The van der Waals surface area contributed by atoms with Gasteiger partial charge < -0.3 is 14.8 Å². The Labute approximate surface area is 153 Å². The summed E-state index contributed by atoms with van der Waals surface area (Å²) in [5.41, 5.74) is 0. The highest BCUT2D eigenvalue weighted by Crippen LogP contribution is 2.24. The molecule has 1 aromatic heterocycles. The van der Waals surface area contributed by atoms with Crippen LogP contribution in [0, 0.1) is 0 Å². The molecule has 1 aliphatic heterocycles. The normalized spacial score (nSPS) is 16.2. The molecule has 0 aliphatic carbocycles.